The van der Waals surface area contributed by atoms with Gasteiger partial charge in [0.15, 0.2) is 0 Å². The lowest BCUT2D eigenvalue weighted by atomic mass is 10.00. The average molecular weight is 254 g/mol. The second-order valence-electron chi connectivity index (χ2n) is 5.30. The van der Waals surface area contributed by atoms with E-state index in [1.807, 2.05) is 13.8 Å². The predicted octanol–water partition coefficient (Wildman–Crippen LogP) is 1.80. The Hall–Kier alpha value is -0.900. The highest BCUT2D eigenvalue weighted by Gasteiger charge is 2.42. The second-order valence-corrected chi connectivity index (χ2v) is 5.30. The Kier molecular flexibility index (Phi) is 5.79. The van der Waals surface area contributed by atoms with Crippen molar-refractivity contribution in [3.8, 4) is 0 Å². The molecule has 0 aromatic carbocycles. The van der Waals surface area contributed by atoms with Crippen LogP contribution in [0.3, 0.4) is 0 Å². The molecule has 3 unspecified atom stereocenters. The number of likely N-dealkylation sites (tertiary alicyclic amines) is 1. The van der Waals surface area contributed by atoms with Gasteiger partial charge >= 0.3 is 0 Å². The van der Waals surface area contributed by atoms with Crippen LogP contribution in [0.4, 0.5) is 0 Å². The number of imide groups is 1. The van der Waals surface area contributed by atoms with Crippen LogP contribution in [-0.4, -0.2) is 35.8 Å². The standard InChI is InChI=1S/C14H26N2O2/c1-5-7-12(15-8-6-2)9-16-13(17)10(3)11(4)14(16)18/h10-12,15H,5-9H2,1-4H3. The molecule has 0 aromatic rings. The fourth-order valence-corrected chi connectivity index (χ4v) is 2.38. The van der Waals surface area contributed by atoms with Crippen molar-refractivity contribution < 1.29 is 9.59 Å². The first kappa shape index (κ1) is 15.2. The molecule has 4 nitrogen and oxygen atoms in total. The van der Waals surface area contributed by atoms with E-state index < -0.39 is 0 Å². The van der Waals surface area contributed by atoms with E-state index >= 15 is 0 Å². The smallest absolute Gasteiger partial charge is 0.232 e. The van der Waals surface area contributed by atoms with Gasteiger partial charge in [-0.15, -0.1) is 0 Å². The number of nitrogens with one attached hydrogen (secondary N) is 1. The van der Waals surface area contributed by atoms with Crippen LogP contribution in [-0.2, 0) is 9.59 Å². The maximum Gasteiger partial charge on any atom is 0.232 e. The third-order valence-corrected chi connectivity index (χ3v) is 3.78. The molecule has 104 valence electrons. The van der Waals surface area contributed by atoms with E-state index in [-0.39, 0.29) is 29.7 Å². The van der Waals surface area contributed by atoms with Crippen LogP contribution >= 0.6 is 0 Å². The molecular weight excluding hydrogens is 228 g/mol. The zero-order valence-corrected chi connectivity index (χ0v) is 12.0. The minimum absolute atomic E-state index is 0.00750. The zero-order chi connectivity index (χ0) is 13.7. The summed E-state index contributed by atoms with van der Waals surface area (Å²) in [7, 11) is 0. The number of rotatable bonds is 7. The van der Waals surface area contributed by atoms with Crippen molar-refractivity contribution >= 4 is 11.8 Å². The lowest BCUT2D eigenvalue weighted by molar-refractivity contribution is -0.140. The Morgan fingerprint density at radius 2 is 1.67 bits per heavy atom. The van der Waals surface area contributed by atoms with Gasteiger partial charge in [0.2, 0.25) is 11.8 Å². The van der Waals surface area contributed by atoms with Gasteiger partial charge in [0.25, 0.3) is 0 Å². The van der Waals surface area contributed by atoms with Crippen LogP contribution in [0.5, 0.6) is 0 Å². The van der Waals surface area contributed by atoms with Crippen LogP contribution in [0.2, 0.25) is 0 Å². The molecule has 1 aliphatic rings. The van der Waals surface area contributed by atoms with Crippen LogP contribution in [0.1, 0.15) is 47.0 Å². The molecule has 0 aliphatic carbocycles. The summed E-state index contributed by atoms with van der Waals surface area (Å²) in [6.07, 6.45) is 3.12. The van der Waals surface area contributed by atoms with E-state index in [0.717, 1.165) is 25.8 Å². The summed E-state index contributed by atoms with van der Waals surface area (Å²) < 4.78 is 0. The summed E-state index contributed by atoms with van der Waals surface area (Å²) in [5, 5.41) is 3.42. The summed E-state index contributed by atoms with van der Waals surface area (Å²) in [4.78, 5) is 25.5. The van der Waals surface area contributed by atoms with Crippen molar-refractivity contribution in [3.63, 3.8) is 0 Å². The molecule has 4 heteroatoms. The average Bonchev–Trinajstić information content (AvgIpc) is 2.54. The van der Waals surface area contributed by atoms with Gasteiger partial charge < -0.3 is 5.32 Å². The molecule has 0 spiro atoms. The molecule has 1 N–H and O–H groups in total. The first-order valence-electron chi connectivity index (χ1n) is 7.11. The number of carbonyl (C=O) groups is 2. The van der Waals surface area contributed by atoms with Gasteiger partial charge in [-0.3, -0.25) is 14.5 Å². The molecule has 1 heterocycles. The predicted molar refractivity (Wildman–Crippen MR) is 72.0 cm³/mol. The zero-order valence-electron chi connectivity index (χ0n) is 12.0. The van der Waals surface area contributed by atoms with Gasteiger partial charge in [0.05, 0.1) is 0 Å². The number of carbonyl (C=O) groups excluding carboxylic acids is 2. The fourth-order valence-electron chi connectivity index (χ4n) is 2.38. The van der Waals surface area contributed by atoms with Gasteiger partial charge in [0, 0.05) is 24.4 Å². The Balaban J connectivity index is 2.62. The number of nitrogens with zero attached hydrogens (tertiary/aromatic N) is 1. The Morgan fingerprint density at radius 1 is 1.11 bits per heavy atom. The molecule has 0 aromatic heterocycles. The van der Waals surface area contributed by atoms with Crippen LogP contribution in [0.25, 0.3) is 0 Å². The molecule has 0 saturated carbocycles. The second kappa shape index (κ2) is 6.88. The highest BCUT2D eigenvalue weighted by molar-refractivity contribution is 6.04. The molecule has 0 bridgehead atoms. The first-order valence-corrected chi connectivity index (χ1v) is 7.11. The van der Waals surface area contributed by atoms with Crippen LogP contribution in [0, 0.1) is 11.8 Å². The van der Waals surface area contributed by atoms with Gasteiger partial charge in [-0.2, -0.15) is 0 Å². The summed E-state index contributed by atoms with van der Waals surface area (Å²) in [6, 6.07) is 0.236. The lowest BCUT2D eigenvalue weighted by Gasteiger charge is -2.23. The lowest BCUT2D eigenvalue weighted by Crippen LogP contribution is -2.44. The quantitative estimate of drug-likeness (QED) is 0.705. The monoisotopic (exact) mass is 254 g/mol. The maximum absolute atomic E-state index is 12.0. The van der Waals surface area contributed by atoms with Crippen LogP contribution in [0.15, 0.2) is 0 Å². The van der Waals surface area contributed by atoms with Crippen molar-refractivity contribution in [2.24, 2.45) is 11.8 Å². The molecule has 1 saturated heterocycles. The number of hydrogen-bond donors (Lipinski definition) is 1. The summed E-state index contributed by atoms with van der Waals surface area (Å²) in [6.45, 7) is 9.40. The molecule has 1 rings (SSSR count). The normalized spacial score (nSPS) is 25.9. The number of hydrogen-bond acceptors (Lipinski definition) is 3. The van der Waals surface area contributed by atoms with Crippen molar-refractivity contribution in [1.82, 2.24) is 10.2 Å². The summed E-state index contributed by atoms with van der Waals surface area (Å²) in [5.74, 6) is -0.337. The third kappa shape index (κ3) is 3.31. The van der Waals surface area contributed by atoms with Gasteiger partial charge in [-0.1, -0.05) is 34.1 Å². The van der Waals surface area contributed by atoms with Crippen molar-refractivity contribution in [1.29, 1.82) is 0 Å². The maximum atomic E-state index is 12.0. The fraction of sp³-hybridized carbons (Fsp3) is 0.857. The van der Waals surface area contributed by atoms with Crippen molar-refractivity contribution in [3.05, 3.63) is 0 Å². The van der Waals surface area contributed by atoms with E-state index in [9.17, 15) is 9.59 Å². The van der Waals surface area contributed by atoms with Gasteiger partial charge in [-0.05, 0) is 19.4 Å². The molecule has 2 amide bonds. The largest absolute Gasteiger partial charge is 0.312 e. The van der Waals surface area contributed by atoms with E-state index in [0.29, 0.717) is 6.54 Å². The molecule has 3 atom stereocenters. The van der Waals surface area contributed by atoms with E-state index in [1.165, 1.54) is 4.90 Å². The minimum Gasteiger partial charge on any atom is -0.312 e. The number of amides is 2. The minimum atomic E-state index is -0.161. The molecule has 1 aliphatic heterocycles. The molecule has 18 heavy (non-hydrogen) atoms. The molecular formula is C14H26N2O2. The van der Waals surface area contributed by atoms with Crippen LogP contribution < -0.4 is 5.32 Å². The Morgan fingerprint density at radius 3 is 2.11 bits per heavy atom. The summed E-state index contributed by atoms with van der Waals surface area (Å²) >= 11 is 0. The molecule has 0 radical (unpaired) electrons. The topological polar surface area (TPSA) is 49.4 Å². The van der Waals surface area contributed by atoms with Gasteiger partial charge in [-0.25, -0.2) is 0 Å². The first-order chi connectivity index (χ1) is 8.52. The van der Waals surface area contributed by atoms with E-state index in [4.69, 9.17) is 0 Å². The molecule has 1 fully saturated rings. The van der Waals surface area contributed by atoms with Crippen molar-refractivity contribution in [2.45, 2.75) is 53.0 Å². The van der Waals surface area contributed by atoms with Gasteiger partial charge in [0.1, 0.15) is 0 Å². The Labute approximate surface area is 110 Å². The Bertz CT molecular complexity index is 284. The highest BCUT2D eigenvalue weighted by atomic mass is 16.2. The van der Waals surface area contributed by atoms with Crippen molar-refractivity contribution in [2.75, 3.05) is 13.1 Å². The SMILES string of the molecule is CCCNC(CCC)CN1C(=O)C(C)C(C)C1=O. The van der Waals surface area contributed by atoms with E-state index in [1.54, 1.807) is 0 Å². The third-order valence-electron chi connectivity index (χ3n) is 3.78. The van der Waals surface area contributed by atoms with E-state index in [2.05, 4.69) is 19.2 Å². The summed E-state index contributed by atoms with van der Waals surface area (Å²) in [5.41, 5.74) is 0. The highest BCUT2D eigenvalue weighted by Crippen LogP contribution is 2.25.